The second kappa shape index (κ2) is 8.84. The van der Waals surface area contributed by atoms with Crippen LogP contribution in [0.15, 0.2) is 35.5 Å². The molecule has 10 heteroatoms. The summed E-state index contributed by atoms with van der Waals surface area (Å²) in [4.78, 5) is 29.0. The number of aromatic nitrogens is 3. The van der Waals surface area contributed by atoms with E-state index in [1.54, 1.807) is 23.1 Å². The summed E-state index contributed by atoms with van der Waals surface area (Å²) in [5, 5.41) is 7.57. The number of amides is 1. The number of thiazole rings is 1. The second-order valence-corrected chi connectivity index (χ2v) is 10.6. The third-order valence-corrected chi connectivity index (χ3v) is 7.52. The van der Waals surface area contributed by atoms with Gasteiger partial charge in [0.15, 0.2) is 5.13 Å². The smallest absolute Gasteiger partial charge is 0.253 e. The van der Waals surface area contributed by atoms with Gasteiger partial charge in [-0.2, -0.15) is 0 Å². The van der Waals surface area contributed by atoms with Gasteiger partial charge in [0.05, 0.1) is 28.8 Å². The molecule has 4 heterocycles. The van der Waals surface area contributed by atoms with E-state index in [0.29, 0.717) is 11.9 Å². The molecular formula is C22H26N6O2S2. The number of benzene rings is 1. The van der Waals surface area contributed by atoms with Crippen LogP contribution in [0.2, 0.25) is 0 Å². The molecule has 3 aromatic rings. The van der Waals surface area contributed by atoms with Crippen LogP contribution in [0.3, 0.4) is 0 Å². The quantitative estimate of drug-likeness (QED) is 0.484. The number of nitrogens with zero attached hydrogens (tertiary/aromatic N) is 4. The average Bonchev–Trinajstić information content (AvgIpc) is 3.16. The fraction of sp³-hybridized carbons (Fsp3) is 0.455. The minimum absolute atomic E-state index is 0.0970. The Balaban J connectivity index is 1.14. The predicted molar refractivity (Wildman–Crippen MR) is 129 cm³/mol. The Bertz CT molecular complexity index is 1110. The normalized spacial score (nSPS) is 17.6. The van der Waals surface area contributed by atoms with Gasteiger partial charge in [0, 0.05) is 49.0 Å². The van der Waals surface area contributed by atoms with E-state index in [2.05, 4.69) is 32.5 Å². The number of hydrogen-bond donors (Lipinski definition) is 2. The molecule has 0 saturated carbocycles. The maximum absolute atomic E-state index is 12.8. The van der Waals surface area contributed by atoms with Crippen molar-refractivity contribution in [2.75, 3.05) is 56.3 Å². The molecule has 0 unspecified atom stereocenters. The lowest BCUT2D eigenvalue weighted by molar-refractivity contribution is -0.176. The summed E-state index contributed by atoms with van der Waals surface area (Å²) < 4.78 is 6.32. The van der Waals surface area contributed by atoms with E-state index >= 15 is 0 Å². The summed E-state index contributed by atoms with van der Waals surface area (Å²) in [6, 6.07) is 5.78. The van der Waals surface area contributed by atoms with E-state index in [4.69, 9.17) is 4.74 Å². The number of ether oxygens (including phenoxy) is 1. The molecule has 2 aliphatic heterocycles. The van der Waals surface area contributed by atoms with Crippen molar-refractivity contribution in [2.45, 2.75) is 11.8 Å². The highest BCUT2D eigenvalue weighted by atomic mass is 32.2. The van der Waals surface area contributed by atoms with Crippen molar-refractivity contribution in [1.29, 1.82) is 0 Å². The maximum atomic E-state index is 12.8. The van der Waals surface area contributed by atoms with Crippen molar-refractivity contribution in [3.8, 4) is 0 Å². The largest absolute Gasteiger partial charge is 0.380 e. The fourth-order valence-electron chi connectivity index (χ4n) is 3.91. The van der Waals surface area contributed by atoms with Crippen LogP contribution in [-0.4, -0.2) is 71.4 Å². The maximum Gasteiger partial charge on any atom is 0.253 e. The van der Waals surface area contributed by atoms with Gasteiger partial charge in [-0.25, -0.2) is 15.0 Å². The second-order valence-electron chi connectivity index (χ2n) is 8.67. The van der Waals surface area contributed by atoms with Crippen LogP contribution in [0.4, 0.5) is 11.1 Å². The lowest BCUT2D eigenvalue weighted by Gasteiger charge is -2.54. The zero-order valence-electron chi connectivity index (χ0n) is 18.1. The molecule has 1 aromatic carbocycles. The standard InChI is InChI=1S/C22H26N6O2S2/c1-14(6-23-20-24-8-16(31-2)9-25-20)7-26-21-27-17-4-3-15(5-18(17)32-21)19(29)28-10-22(11-28)12-30-13-22/h3-5,8-9,14H,6-7,10-13H2,1-2H3,(H,26,27)(H,23,24,25)/t14-/m0/s1. The Morgan fingerprint density at radius 3 is 2.69 bits per heavy atom. The Morgan fingerprint density at radius 2 is 2.00 bits per heavy atom. The number of nitrogens with one attached hydrogen (secondary N) is 2. The highest BCUT2D eigenvalue weighted by Gasteiger charge is 2.50. The van der Waals surface area contributed by atoms with E-state index < -0.39 is 0 Å². The van der Waals surface area contributed by atoms with E-state index in [1.807, 2.05) is 41.7 Å². The first-order valence-corrected chi connectivity index (χ1v) is 12.7. The number of thioether (sulfide) groups is 1. The lowest BCUT2D eigenvalue weighted by atomic mass is 9.78. The molecule has 8 nitrogen and oxygen atoms in total. The Kier molecular flexibility index (Phi) is 5.92. The average molecular weight is 471 g/mol. The fourth-order valence-corrected chi connectivity index (χ4v) is 5.14. The van der Waals surface area contributed by atoms with E-state index in [0.717, 1.165) is 65.2 Å². The molecule has 2 saturated heterocycles. The van der Waals surface area contributed by atoms with Gasteiger partial charge in [-0.1, -0.05) is 18.3 Å². The third-order valence-electron chi connectivity index (χ3n) is 5.87. The predicted octanol–water partition coefficient (Wildman–Crippen LogP) is 3.44. The highest BCUT2D eigenvalue weighted by molar-refractivity contribution is 7.98. The molecule has 32 heavy (non-hydrogen) atoms. The molecule has 0 aliphatic carbocycles. The van der Waals surface area contributed by atoms with Gasteiger partial charge in [0.2, 0.25) is 5.95 Å². The van der Waals surface area contributed by atoms with Crippen LogP contribution >= 0.6 is 23.1 Å². The molecule has 0 bridgehead atoms. The Morgan fingerprint density at radius 1 is 1.25 bits per heavy atom. The summed E-state index contributed by atoms with van der Waals surface area (Å²) in [6.45, 7) is 6.87. The summed E-state index contributed by atoms with van der Waals surface area (Å²) in [5.74, 6) is 1.10. The highest BCUT2D eigenvalue weighted by Crippen LogP contribution is 2.38. The molecule has 1 amide bonds. The van der Waals surface area contributed by atoms with Gasteiger partial charge in [-0.15, -0.1) is 11.8 Å². The van der Waals surface area contributed by atoms with Crippen molar-refractivity contribution in [1.82, 2.24) is 19.9 Å². The van der Waals surface area contributed by atoms with Crippen LogP contribution < -0.4 is 10.6 Å². The first-order valence-electron chi connectivity index (χ1n) is 10.6. The Labute approximate surface area is 195 Å². The SMILES string of the molecule is CSc1cnc(NC[C@H](C)CNc2nc3ccc(C(=O)N4CC5(COC5)C4)cc3s2)nc1. The van der Waals surface area contributed by atoms with Crippen molar-refractivity contribution < 1.29 is 9.53 Å². The van der Waals surface area contributed by atoms with Crippen LogP contribution in [0.25, 0.3) is 10.2 Å². The number of carbonyl (C=O) groups is 1. The molecule has 2 aromatic heterocycles. The molecule has 0 radical (unpaired) electrons. The van der Waals surface area contributed by atoms with Crippen molar-refractivity contribution in [3.05, 3.63) is 36.2 Å². The molecule has 1 spiro atoms. The van der Waals surface area contributed by atoms with Gasteiger partial charge in [-0.05, 0) is 30.4 Å². The minimum Gasteiger partial charge on any atom is -0.380 e. The van der Waals surface area contributed by atoms with E-state index in [9.17, 15) is 4.79 Å². The van der Waals surface area contributed by atoms with Gasteiger partial charge in [-0.3, -0.25) is 4.79 Å². The number of rotatable bonds is 8. The molecule has 2 N–H and O–H groups in total. The van der Waals surface area contributed by atoms with Crippen molar-refractivity contribution in [2.24, 2.45) is 11.3 Å². The zero-order valence-corrected chi connectivity index (χ0v) is 19.8. The zero-order chi connectivity index (χ0) is 22.1. The first-order chi connectivity index (χ1) is 15.5. The summed E-state index contributed by atoms with van der Waals surface area (Å²) in [5.41, 5.74) is 1.87. The topological polar surface area (TPSA) is 92.3 Å². The monoisotopic (exact) mass is 470 g/mol. The van der Waals surface area contributed by atoms with Crippen molar-refractivity contribution >= 4 is 50.3 Å². The van der Waals surface area contributed by atoms with Gasteiger partial charge >= 0.3 is 0 Å². The van der Waals surface area contributed by atoms with Gasteiger partial charge in [0.1, 0.15) is 0 Å². The number of anilines is 2. The van der Waals surface area contributed by atoms with Crippen LogP contribution in [0.5, 0.6) is 0 Å². The van der Waals surface area contributed by atoms with Gasteiger partial charge < -0.3 is 20.3 Å². The van der Waals surface area contributed by atoms with E-state index in [-0.39, 0.29) is 11.3 Å². The molecular weight excluding hydrogens is 444 g/mol. The lowest BCUT2D eigenvalue weighted by Crippen LogP contribution is -2.67. The van der Waals surface area contributed by atoms with E-state index in [1.165, 1.54) is 0 Å². The number of carbonyl (C=O) groups excluding carboxylic acids is 1. The number of fused-ring (bicyclic) bond motifs is 1. The van der Waals surface area contributed by atoms with Crippen LogP contribution in [0, 0.1) is 11.3 Å². The summed E-state index contributed by atoms with van der Waals surface area (Å²) in [7, 11) is 0. The molecule has 168 valence electrons. The van der Waals surface area contributed by atoms with Crippen molar-refractivity contribution in [3.63, 3.8) is 0 Å². The molecule has 2 fully saturated rings. The number of hydrogen-bond acceptors (Lipinski definition) is 9. The first kappa shape index (κ1) is 21.4. The Hall–Kier alpha value is -2.43. The summed E-state index contributed by atoms with van der Waals surface area (Å²) in [6.07, 6.45) is 5.65. The molecule has 1 atom stereocenters. The van der Waals surface area contributed by atoms with Crippen LogP contribution in [0.1, 0.15) is 17.3 Å². The molecule has 5 rings (SSSR count). The van der Waals surface area contributed by atoms with Crippen LogP contribution in [-0.2, 0) is 4.74 Å². The third kappa shape index (κ3) is 4.39. The molecule has 2 aliphatic rings. The van der Waals surface area contributed by atoms with Gasteiger partial charge in [0.25, 0.3) is 5.91 Å². The summed E-state index contributed by atoms with van der Waals surface area (Å²) >= 11 is 3.21. The minimum atomic E-state index is 0.0970. The number of likely N-dealkylation sites (tertiary alicyclic amines) is 1.